The van der Waals surface area contributed by atoms with Crippen molar-refractivity contribution in [3.05, 3.63) is 59.0 Å². The molecule has 1 N–H and O–H groups in total. The molecule has 0 unspecified atom stereocenters. The van der Waals surface area contributed by atoms with Gasteiger partial charge in [-0.2, -0.15) is 0 Å². The number of benzene rings is 2. The molecule has 0 aliphatic rings. The Kier molecular flexibility index (Phi) is 5.81. The lowest BCUT2D eigenvalue weighted by Gasteiger charge is -2.09. The number of hydrogen-bond donors (Lipinski definition) is 1. The highest BCUT2D eigenvalue weighted by Gasteiger charge is 2.21. The molecule has 3 aromatic rings. The zero-order valence-corrected chi connectivity index (χ0v) is 17.4. The van der Waals surface area contributed by atoms with Gasteiger partial charge in [0, 0.05) is 10.9 Å². The summed E-state index contributed by atoms with van der Waals surface area (Å²) in [6.45, 7) is 3.52. The second-order valence-corrected chi connectivity index (χ2v) is 9.20. The molecule has 1 amide bonds. The number of amides is 1. The third-order valence-electron chi connectivity index (χ3n) is 4.20. The maximum absolute atomic E-state index is 12.7. The molecule has 0 bridgehead atoms. The summed E-state index contributed by atoms with van der Waals surface area (Å²) in [5.41, 5.74) is 2.67. The SMILES string of the molecule is CCS(=O)(=O)c1ccccc1C(=O)Nc1nc(-c2cc(C)ccc2OC)cs1. The van der Waals surface area contributed by atoms with E-state index in [4.69, 9.17) is 4.74 Å². The van der Waals surface area contributed by atoms with Crippen molar-refractivity contribution in [3.8, 4) is 17.0 Å². The van der Waals surface area contributed by atoms with Crippen LogP contribution in [0.2, 0.25) is 0 Å². The van der Waals surface area contributed by atoms with Crippen LogP contribution in [0.1, 0.15) is 22.8 Å². The summed E-state index contributed by atoms with van der Waals surface area (Å²) in [6.07, 6.45) is 0. The summed E-state index contributed by atoms with van der Waals surface area (Å²) in [5.74, 6) is 0.101. The second-order valence-electron chi connectivity index (χ2n) is 6.10. The largest absolute Gasteiger partial charge is 0.496 e. The minimum Gasteiger partial charge on any atom is -0.496 e. The summed E-state index contributed by atoms with van der Waals surface area (Å²) >= 11 is 1.26. The molecular formula is C20H20N2O4S2. The standard InChI is InChI=1S/C20H20N2O4S2/c1-4-28(24,25)18-8-6-5-7-14(18)19(23)22-20-21-16(12-27-20)15-11-13(2)9-10-17(15)26-3/h5-12H,4H2,1-3H3,(H,21,22,23). The van der Waals surface area contributed by atoms with Crippen LogP contribution in [-0.2, 0) is 9.84 Å². The van der Waals surface area contributed by atoms with Crippen molar-refractivity contribution in [1.82, 2.24) is 4.98 Å². The van der Waals surface area contributed by atoms with Crippen LogP contribution < -0.4 is 10.1 Å². The number of aromatic nitrogens is 1. The highest BCUT2D eigenvalue weighted by molar-refractivity contribution is 7.91. The van der Waals surface area contributed by atoms with Crippen LogP contribution in [0.3, 0.4) is 0 Å². The molecule has 8 heteroatoms. The van der Waals surface area contributed by atoms with E-state index in [1.165, 1.54) is 23.5 Å². The molecule has 0 spiro atoms. The van der Waals surface area contributed by atoms with Gasteiger partial charge in [0.2, 0.25) is 0 Å². The number of thiazole rings is 1. The van der Waals surface area contributed by atoms with Crippen molar-refractivity contribution in [2.45, 2.75) is 18.7 Å². The number of sulfone groups is 1. The van der Waals surface area contributed by atoms with Crippen LogP contribution in [-0.4, -0.2) is 32.2 Å². The number of rotatable bonds is 6. The Morgan fingerprint density at radius 1 is 1.21 bits per heavy atom. The molecule has 6 nitrogen and oxygen atoms in total. The lowest BCUT2D eigenvalue weighted by atomic mass is 10.1. The normalized spacial score (nSPS) is 11.2. The molecule has 0 saturated carbocycles. The van der Waals surface area contributed by atoms with Gasteiger partial charge in [-0.3, -0.25) is 10.1 Å². The van der Waals surface area contributed by atoms with E-state index in [1.54, 1.807) is 26.2 Å². The van der Waals surface area contributed by atoms with Crippen molar-refractivity contribution < 1.29 is 17.9 Å². The molecule has 0 saturated heterocycles. The number of anilines is 1. The van der Waals surface area contributed by atoms with E-state index in [0.29, 0.717) is 16.6 Å². The topological polar surface area (TPSA) is 85.4 Å². The zero-order chi connectivity index (χ0) is 20.3. The third kappa shape index (κ3) is 4.07. The van der Waals surface area contributed by atoms with E-state index < -0.39 is 15.7 Å². The Bertz CT molecular complexity index is 1120. The van der Waals surface area contributed by atoms with Crippen molar-refractivity contribution in [2.24, 2.45) is 0 Å². The van der Waals surface area contributed by atoms with Crippen molar-refractivity contribution >= 4 is 32.2 Å². The molecule has 0 atom stereocenters. The number of nitrogens with zero attached hydrogens (tertiary/aromatic N) is 1. The van der Waals surface area contributed by atoms with Crippen LogP contribution in [0.5, 0.6) is 5.75 Å². The lowest BCUT2D eigenvalue weighted by molar-refractivity contribution is 0.102. The Morgan fingerprint density at radius 3 is 2.68 bits per heavy atom. The Balaban J connectivity index is 1.90. The maximum Gasteiger partial charge on any atom is 0.258 e. The van der Waals surface area contributed by atoms with Crippen molar-refractivity contribution in [2.75, 3.05) is 18.2 Å². The lowest BCUT2D eigenvalue weighted by Crippen LogP contribution is -2.17. The minimum atomic E-state index is -3.51. The minimum absolute atomic E-state index is 0.0205. The molecular weight excluding hydrogens is 396 g/mol. The predicted octanol–water partition coefficient (Wildman–Crippen LogP) is 4.17. The molecule has 3 rings (SSSR count). The number of carbonyl (C=O) groups excluding carboxylic acids is 1. The highest BCUT2D eigenvalue weighted by Crippen LogP contribution is 2.33. The Hall–Kier alpha value is -2.71. The first-order chi connectivity index (χ1) is 13.4. The number of ether oxygens (including phenoxy) is 1. The third-order valence-corrected chi connectivity index (χ3v) is 6.75. The molecule has 28 heavy (non-hydrogen) atoms. The molecule has 146 valence electrons. The number of aryl methyl sites for hydroxylation is 1. The average Bonchev–Trinajstić information content (AvgIpc) is 3.16. The van der Waals surface area contributed by atoms with Crippen LogP contribution in [0.25, 0.3) is 11.3 Å². The summed E-state index contributed by atoms with van der Waals surface area (Å²) in [7, 11) is -1.92. The summed E-state index contributed by atoms with van der Waals surface area (Å²) < 4.78 is 29.9. The van der Waals surface area contributed by atoms with E-state index in [-0.39, 0.29) is 16.2 Å². The van der Waals surface area contributed by atoms with Crippen LogP contribution >= 0.6 is 11.3 Å². The monoisotopic (exact) mass is 416 g/mol. The van der Waals surface area contributed by atoms with E-state index in [0.717, 1.165) is 11.1 Å². The molecule has 0 aliphatic carbocycles. The van der Waals surface area contributed by atoms with E-state index in [2.05, 4.69) is 10.3 Å². The smallest absolute Gasteiger partial charge is 0.258 e. The van der Waals surface area contributed by atoms with Crippen molar-refractivity contribution in [3.63, 3.8) is 0 Å². The first kappa shape index (κ1) is 20.0. The van der Waals surface area contributed by atoms with E-state index >= 15 is 0 Å². The predicted molar refractivity (Wildman–Crippen MR) is 111 cm³/mol. The number of hydrogen-bond acceptors (Lipinski definition) is 6. The van der Waals surface area contributed by atoms with E-state index in [1.807, 2.05) is 30.5 Å². The molecule has 1 aromatic heterocycles. The number of carbonyl (C=O) groups is 1. The molecule has 0 aliphatic heterocycles. The van der Waals surface area contributed by atoms with Gasteiger partial charge in [-0.25, -0.2) is 13.4 Å². The van der Waals surface area contributed by atoms with Crippen LogP contribution in [0.4, 0.5) is 5.13 Å². The van der Waals surface area contributed by atoms with Gasteiger partial charge in [-0.15, -0.1) is 11.3 Å². The summed E-state index contributed by atoms with van der Waals surface area (Å²) in [5, 5.41) is 4.90. The first-order valence-corrected chi connectivity index (χ1v) is 11.1. The van der Waals surface area contributed by atoms with Gasteiger partial charge in [0.05, 0.1) is 29.0 Å². The fourth-order valence-corrected chi connectivity index (χ4v) is 4.52. The quantitative estimate of drug-likeness (QED) is 0.652. The summed E-state index contributed by atoms with van der Waals surface area (Å²) in [4.78, 5) is 17.2. The first-order valence-electron chi connectivity index (χ1n) is 8.59. The maximum atomic E-state index is 12.7. The Labute approximate surface area is 168 Å². The zero-order valence-electron chi connectivity index (χ0n) is 15.7. The number of nitrogens with one attached hydrogen (secondary N) is 1. The second kappa shape index (κ2) is 8.12. The van der Waals surface area contributed by atoms with Gasteiger partial charge in [-0.1, -0.05) is 30.7 Å². The highest BCUT2D eigenvalue weighted by atomic mass is 32.2. The van der Waals surface area contributed by atoms with Gasteiger partial charge in [0.25, 0.3) is 5.91 Å². The van der Waals surface area contributed by atoms with Crippen LogP contribution in [0, 0.1) is 6.92 Å². The van der Waals surface area contributed by atoms with Crippen molar-refractivity contribution in [1.29, 1.82) is 0 Å². The fourth-order valence-electron chi connectivity index (χ4n) is 2.72. The van der Waals surface area contributed by atoms with Gasteiger partial charge in [0.1, 0.15) is 5.75 Å². The van der Waals surface area contributed by atoms with Gasteiger partial charge >= 0.3 is 0 Å². The molecule has 1 heterocycles. The molecule has 0 radical (unpaired) electrons. The van der Waals surface area contributed by atoms with Gasteiger partial charge < -0.3 is 4.74 Å². The Morgan fingerprint density at radius 2 is 1.96 bits per heavy atom. The average molecular weight is 417 g/mol. The van der Waals surface area contributed by atoms with Gasteiger partial charge in [-0.05, 0) is 31.2 Å². The molecule has 0 fully saturated rings. The van der Waals surface area contributed by atoms with Crippen LogP contribution in [0.15, 0.2) is 52.7 Å². The fraction of sp³-hybridized carbons (Fsp3) is 0.200. The van der Waals surface area contributed by atoms with Gasteiger partial charge in [0.15, 0.2) is 15.0 Å². The van der Waals surface area contributed by atoms with E-state index in [9.17, 15) is 13.2 Å². The number of methoxy groups -OCH3 is 1. The summed E-state index contributed by atoms with van der Waals surface area (Å²) in [6, 6.07) is 12.0. The molecule has 2 aromatic carbocycles.